The van der Waals surface area contributed by atoms with Crippen LogP contribution in [0.2, 0.25) is 0 Å². The number of nitrogens with one attached hydrogen (secondary N) is 1. The molecule has 2 N–H and O–H groups in total. The van der Waals surface area contributed by atoms with Crippen molar-refractivity contribution in [2.45, 2.75) is 24.4 Å². The molecule has 0 aliphatic carbocycles. The Balaban J connectivity index is 2.40. The predicted octanol–water partition coefficient (Wildman–Crippen LogP) is 0.883. The molecule has 1 atom stereocenters. The third-order valence-electron chi connectivity index (χ3n) is 2.26. The number of nitrogens with zero attached hydrogens (tertiary/aromatic N) is 2. The Bertz CT molecular complexity index is 365. The predicted molar refractivity (Wildman–Crippen MR) is 63.8 cm³/mol. The number of thioether (sulfide) groups is 1. The summed E-state index contributed by atoms with van der Waals surface area (Å²) in [5, 5.41) is 16.9. The Kier molecular flexibility index (Phi) is 4.82. The smallest absolute Gasteiger partial charge is 0.320 e. The van der Waals surface area contributed by atoms with Crippen molar-refractivity contribution < 1.29 is 9.90 Å². The summed E-state index contributed by atoms with van der Waals surface area (Å²) in [4.78, 5) is 10.8. The lowest BCUT2D eigenvalue weighted by Gasteiger charge is -2.10. The summed E-state index contributed by atoms with van der Waals surface area (Å²) in [5.74, 6) is -0.0409. The number of likely N-dealkylation sites (N-methyl/N-ethyl adjacent to an activating group) is 1. The van der Waals surface area contributed by atoms with E-state index in [1.807, 2.05) is 24.7 Å². The zero-order chi connectivity index (χ0) is 12.1. The fourth-order valence-corrected chi connectivity index (χ4v) is 2.44. The van der Waals surface area contributed by atoms with Crippen LogP contribution in [0.25, 0.3) is 0 Å². The quantitative estimate of drug-likeness (QED) is 0.726. The van der Waals surface area contributed by atoms with E-state index in [4.69, 9.17) is 5.11 Å². The molecule has 1 aromatic rings. The first kappa shape index (κ1) is 13.1. The van der Waals surface area contributed by atoms with Crippen molar-refractivity contribution in [2.75, 3.05) is 12.8 Å². The first-order valence-electron chi connectivity index (χ1n) is 5.08. The molecular formula is C10H17N3O2S. The molecule has 90 valence electrons. The summed E-state index contributed by atoms with van der Waals surface area (Å²) in [6, 6.07) is 1.53. The number of carbonyl (C=O) groups is 1. The van der Waals surface area contributed by atoms with E-state index < -0.39 is 12.0 Å². The van der Waals surface area contributed by atoms with Crippen molar-refractivity contribution in [3.63, 3.8) is 0 Å². The van der Waals surface area contributed by atoms with Gasteiger partial charge in [-0.15, -0.1) is 11.8 Å². The Morgan fingerprint density at radius 1 is 1.75 bits per heavy atom. The maximum absolute atomic E-state index is 10.8. The SMILES string of the molecule is CNC(CCSc1cc(C)nn1C)C(=O)O. The molecule has 1 heterocycles. The van der Waals surface area contributed by atoms with Gasteiger partial charge in [-0.3, -0.25) is 9.48 Å². The lowest BCUT2D eigenvalue weighted by Crippen LogP contribution is -2.34. The molecule has 1 aromatic heterocycles. The summed E-state index contributed by atoms with van der Waals surface area (Å²) in [7, 11) is 3.56. The third kappa shape index (κ3) is 3.53. The number of carboxylic acid groups (broad SMARTS) is 1. The molecule has 16 heavy (non-hydrogen) atoms. The Morgan fingerprint density at radius 2 is 2.44 bits per heavy atom. The third-order valence-corrected chi connectivity index (χ3v) is 3.38. The monoisotopic (exact) mass is 243 g/mol. The number of aliphatic carboxylic acids is 1. The summed E-state index contributed by atoms with van der Waals surface area (Å²) < 4.78 is 1.81. The fraction of sp³-hybridized carbons (Fsp3) is 0.600. The molecule has 0 saturated carbocycles. The first-order valence-corrected chi connectivity index (χ1v) is 6.06. The van der Waals surface area contributed by atoms with Gasteiger partial charge in [0.05, 0.1) is 10.7 Å². The highest BCUT2D eigenvalue weighted by Crippen LogP contribution is 2.19. The molecule has 0 spiro atoms. The van der Waals surface area contributed by atoms with Gasteiger partial charge in [-0.1, -0.05) is 0 Å². The van der Waals surface area contributed by atoms with Crippen LogP contribution in [0.4, 0.5) is 0 Å². The van der Waals surface area contributed by atoms with E-state index in [0.717, 1.165) is 16.5 Å². The lowest BCUT2D eigenvalue weighted by molar-refractivity contribution is -0.139. The second-order valence-electron chi connectivity index (χ2n) is 3.56. The van der Waals surface area contributed by atoms with Gasteiger partial charge < -0.3 is 10.4 Å². The van der Waals surface area contributed by atoms with E-state index in [0.29, 0.717) is 6.42 Å². The molecule has 0 saturated heterocycles. The van der Waals surface area contributed by atoms with Gasteiger partial charge in [-0.05, 0) is 26.5 Å². The number of aromatic nitrogens is 2. The Morgan fingerprint density at radius 3 is 2.88 bits per heavy atom. The lowest BCUT2D eigenvalue weighted by atomic mass is 10.2. The summed E-state index contributed by atoms with van der Waals surface area (Å²) >= 11 is 1.63. The van der Waals surface area contributed by atoms with Crippen molar-refractivity contribution in [2.24, 2.45) is 7.05 Å². The minimum atomic E-state index is -0.802. The van der Waals surface area contributed by atoms with Crippen LogP contribution in [0.5, 0.6) is 0 Å². The topological polar surface area (TPSA) is 67.2 Å². The largest absolute Gasteiger partial charge is 0.480 e. The van der Waals surface area contributed by atoms with Gasteiger partial charge in [0, 0.05) is 12.8 Å². The minimum Gasteiger partial charge on any atom is -0.480 e. The van der Waals surface area contributed by atoms with E-state index >= 15 is 0 Å². The molecule has 0 aliphatic heterocycles. The van der Waals surface area contributed by atoms with Crippen LogP contribution in [0, 0.1) is 6.92 Å². The van der Waals surface area contributed by atoms with Crippen LogP contribution in [0.15, 0.2) is 11.1 Å². The van der Waals surface area contributed by atoms with E-state index in [1.165, 1.54) is 0 Å². The zero-order valence-electron chi connectivity index (χ0n) is 9.73. The molecule has 5 nitrogen and oxygen atoms in total. The van der Waals surface area contributed by atoms with E-state index in [2.05, 4.69) is 10.4 Å². The first-order chi connectivity index (χ1) is 7.54. The molecular weight excluding hydrogens is 226 g/mol. The highest BCUT2D eigenvalue weighted by Gasteiger charge is 2.14. The van der Waals surface area contributed by atoms with Crippen LogP contribution in [-0.4, -0.2) is 39.7 Å². The Labute approximate surface area is 99.2 Å². The van der Waals surface area contributed by atoms with Crippen molar-refractivity contribution in [3.8, 4) is 0 Å². The molecule has 6 heteroatoms. The average molecular weight is 243 g/mol. The Hall–Kier alpha value is -1.01. The van der Waals surface area contributed by atoms with Gasteiger partial charge in [0.2, 0.25) is 0 Å². The van der Waals surface area contributed by atoms with Gasteiger partial charge in [-0.2, -0.15) is 5.10 Å². The molecule has 0 aromatic carbocycles. The summed E-state index contributed by atoms with van der Waals surface area (Å²) in [5.41, 5.74) is 0.980. The van der Waals surface area contributed by atoms with E-state index in [1.54, 1.807) is 18.8 Å². The van der Waals surface area contributed by atoms with E-state index in [-0.39, 0.29) is 0 Å². The number of hydrogen-bond acceptors (Lipinski definition) is 4. The van der Waals surface area contributed by atoms with Crippen molar-refractivity contribution in [3.05, 3.63) is 11.8 Å². The molecule has 0 bridgehead atoms. The van der Waals surface area contributed by atoms with E-state index in [9.17, 15) is 4.79 Å². The molecule has 0 amide bonds. The highest BCUT2D eigenvalue weighted by atomic mass is 32.2. The van der Waals surface area contributed by atoms with Gasteiger partial charge in [-0.25, -0.2) is 0 Å². The van der Waals surface area contributed by atoms with Crippen molar-refractivity contribution in [1.29, 1.82) is 0 Å². The van der Waals surface area contributed by atoms with Crippen LogP contribution in [0.3, 0.4) is 0 Å². The van der Waals surface area contributed by atoms with Gasteiger partial charge in [0.15, 0.2) is 0 Å². The highest BCUT2D eigenvalue weighted by molar-refractivity contribution is 7.99. The zero-order valence-corrected chi connectivity index (χ0v) is 10.5. The maximum Gasteiger partial charge on any atom is 0.320 e. The maximum atomic E-state index is 10.8. The summed E-state index contributed by atoms with van der Waals surface area (Å²) in [6.07, 6.45) is 0.598. The normalized spacial score (nSPS) is 12.7. The number of carboxylic acids is 1. The minimum absolute atomic E-state index is 0.471. The molecule has 0 radical (unpaired) electrons. The van der Waals surface area contributed by atoms with Crippen LogP contribution >= 0.6 is 11.8 Å². The molecule has 1 rings (SSSR count). The van der Waals surface area contributed by atoms with Gasteiger partial charge in [0.25, 0.3) is 0 Å². The molecule has 1 unspecified atom stereocenters. The molecule has 0 aliphatic rings. The van der Waals surface area contributed by atoms with Gasteiger partial charge in [0.1, 0.15) is 6.04 Å². The standard InChI is InChI=1S/C10H17N3O2S/c1-7-6-9(13(3)12-7)16-5-4-8(11-2)10(14)15/h6,8,11H,4-5H2,1-3H3,(H,14,15). The second-order valence-corrected chi connectivity index (χ2v) is 4.68. The number of rotatable bonds is 6. The van der Waals surface area contributed by atoms with Crippen LogP contribution < -0.4 is 5.32 Å². The van der Waals surface area contributed by atoms with Crippen LogP contribution in [-0.2, 0) is 11.8 Å². The number of hydrogen-bond donors (Lipinski definition) is 2. The molecule has 0 fully saturated rings. The summed E-state index contributed by atoms with van der Waals surface area (Å²) in [6.45, 7) is 1.94. The second kappa shape index (κ2) is 5.91. The fourth-order valence-electron chi connectivity index (χ4n) is 1.39. The van der Waals surface area contributed by atoms with Crippen molar-refractivity contribution >= 4 is 17.7 Å². The van der Waals surface area contributed by atoms with Gasteiger partial charge >= 0.3 is 5.97 Å². The van der Waals surface area contributed by atoms with Crippen molar-refractivity contribution in [1.82, 2.24) is 15.1 Å². The van der Waals surface area contributed by atoms with Crippen LogP contribution in [0.1, 0.15) is 12.1 Å². The number of aryl methyl sites for hydroxylation is 2. The average Bonchev–Trinajstić information content (AvgIpc) is 2.52.